The number of halogens is 2. The number of carbonyl (C=O) groups excluding carboxylic acids is 1. The summed E-state index contributed by atoms with van der Waals surface area (Å²) in [4.78, 5) is 16.0. The van der Waals surface area contributed by atoms with Gasteiger partial charge in [0.1, 0.15) is 11.6 Å². The fourth-order valence-corrected chi connectivity index (χ4v) is 1.71. The number of nitrogens with zero attached hydrogens (tertiary/aromatic N) is 1. The quantitative estimate of drug-likeness (QED) is 0.780. The van der Waals surface area contributed by atoms with Gasteiger partial charge >= 0.3 is 0 Å². The van der Waals surface area contributed by atoms with Gasteiger partial charge in [-0.05, 0) is 30.7 Å². The van der Waals surface area contributed by atoms with Crippen molar-refractivity contribution in [1.29, 1.82) is 0 Å². The van der Waals surface area contributed by atoms with E-state index >= 15 is 0 Å². The van der Waals surface area contributed by atoms with E-state index in [4.69, 9.17) is 0 Å². The first-order chi connectivity index (χ1) is 8.58. The summed E-state index contributed by atoms with van der Waals surface area (Å²) < 4.78 is 26.2. The van der Waals surface area contributed by atoms with E-state index in [0.717, 1.165) is 12.1 Å². The van der Waals surface area contributed by atoms with E-state index < -0.39 is 11.6 Å². The van der Waals surface area contributed by atoms with Crippen LogP contribution in [-0.2, 0) is 6.42 Å². The van der Waals surface area contributed by atoms with Crippen LogP contribution in [-0.4, -0.2) is 10.8 Å². The van der Waals surface area contributed by atoms with Crippen molar-refractivity contribution < 1.29 is 13.6 Å². The molecule has 1 aromatic carbocycles. The largest absolute Gasteiger partial charge is 0.294 e. The van der Waals surface area contributed by atoms with Crippen molar-refractivity contribution in [2.75, 3.05) is 0 Å². The fraction of sp³-hybridized carbons (Fsp3) is 0.143. The monoisotopic (exact) mass is 247 g/mol. The SMILES string of the molecule is Cc1ncccc1C(=O)Cc1ccc(F)cc1F. The Morgan fingerprint density at radius 2 is 2.06 bits per heavy atom. The van der Waals surface area contributed by atoms with Crippen LogP contribution < -0.4 is 0 Å². The number of aromatic nitrogens is 1. The molecule has 0 fully saturated rings. The summed E-state index contributed by atoms with van der Waals surface area (Å²) in [6.45, 7) is 1.72. The molecule has 0 unspecified atom stereocenters. The summed E-state index contributed by atoms with van der Waals surface area (Å²) in [7, 11) is 0. The minimum atomic E-state index is -0.704. The van der Waals surface area contributed by atoms with E-state index in [1.807, 2.05) is 0 Å². The number of aryl methyl sites for hydroxylation is 1. The Balaban J connectivity index is 2.24. The van der Waals surface area contributed by atoms with Gasteiger partial charge in [-0.2, -0.15) is 0 Å². The summed E-state index contributed by atoms with van der Waals surface area (Å²) in [6.07, 6.45) is 1.49. The Morgan fingerprint density at radius 3 is 2.72 bits per heavy atom. The first-order valence-electron chi connectivity index (χ1n) is 5.46. The molecule has 4 heteroatoms. The Kier molecular flexibility index (Phi) is 3.46. The van der Waals surface area contributed by atoms with Crippen LogP contribution in [0.4, 0.5) is 8.78 Å². The lowest BCUT2D eigenvalue weighted by atomic mass is 10.0. The van der Waals surface area contributed by atoms with Crippen molar-refractivity contribution in [2.45, 2.75) is 13.3 Å². The molecule has 92 valence electrons. The molecule has 0 aliphatic carbocycles. The lowest BCUT2D eigenvalue weighted by Gasteiger charge is -2.05. The third-order valence-corrected chi connectivity index (χ3v) is 2.67. The zero-order chi connectivity index (χ0) is 13.1. The van der Waals surface area contributed by atoms with E-state index in [1.54, 1.807) is 25.3 Å². The summed E-state index contributed by atoms with van der Waals surface area (Å²) in [5.41, 5.74) is 1.25. The van der Waals surface area contributed by atoms with Crippen molar-refractivity contribution in [1.82, 2.24) is 4.98 Å². The molecule has 0 aliphatic rings. The lowest BCUT2D eigenvalue weighted by Crippen LogP contribution is -2.08. The summed E-state index contributed by atoms with van der Waals surface area (Å²) >= 11 is 0. The van der Waals surface area contributed by atoms with Crippen LogP contribution in [0.5, 0.6) is 0 Å². The van der Waals surface area contributed by atoms with Crippen molar-refractivity contribution >= 4 is 5.78 Å². The van der Waals surface area contributed by atoms with Gasteiger partial charge < -0.3 is 0 Å². The van der Waals surface area contributed by atoms with Gasteiger partial charge in [0, 0.05) is 29.9 Å². The number of Topliss-reactive ketones (excluding diaryl/α,β-unsaturated/α-hetero) is 1. The predicted molar refractivity (Wildman–Crippen MR) is 63.4 cm³/mol. The number of hydrogen-bond donors (Lipinski definition) is 0. The average molecular weight is 247 g/mol. The summed E-state index contributed by atoms with van der Waals surface area (Å²) in [5.74, 6) is -1.59. The second-order valence-electron chi connectivity index (χ2n) is 3.97. The molecule has 0 saturated heterocycles. The van der Waals surface area contributed by atoms with E-state index in [0.29, 0.717) is 11.3 Å². The third-order valence-electron chi connectivity index (χ3n) is 2.67. The molecule has 2 rings (SSSR count). The molecule has 1 heterocycles. The van der Waals surface area contributed by atoms with Gasteiger partial charge in [-0.1, -0.05) is 6.07 Å². The molecule has 0 saturated carbocycles. The highest BCUT2D eigenvalue weighted by Gasteiger charge is 2.13. The highest BCUT2D eigenvalue weighted by molar-refractivity contribution is 5.98. The zero-order valence-corrected chi connectivity index (χ0v) is 9.78. The maximum atomic E-state index is 13.4. The normalized spacial score (nSPS) is 10.4. The molecule has 1 aromatic heterocycles. The van der Waals surface area contributed by atoms with Gasteiger partial charge in [0.2, 0.25) is 0 Å². The Bertz CT molecular complexity index is 596. The van der Waals surface area contributed by atoms with Crippen LogP contribution >= 0.6 is 0 Å². The maximum absolute atomic E-state index is 13.4. The first kappa shape index (κ1) is 12.4. The van der Waals surface area contributed by atoms with Crippen LogP contribution in [0.15, 0.2) is 36.5 Å². The van der Waals surface area contributed by atoms with Crippen LogP contribution in [0.3, 0.4) is 0 Å². The van der Waals surface area contributed by atoms with Crippen molar-refractivity contribution in [3.8, 4) is 0 Å². The standard InChI is InChI=1S/C14H11F2NO/c1-9-12(3-2-6-17-9)14(18)7-10-4-5-11(15)8-13(10)16/h2-6,8H,7H2,1H3. The summed E-state index contributed by atoms with van der Waals surface area (Å²) in [6, 6.07) is 6.50. The van der Waals surface area contributed by atoms with Gasteiger partial charge in [0.25, 0.3) is 0 Å². The zero-order valence-electron chi connectivity index (χ0n) is 9.78. The number of carbonyl (C=O) groups is 1. The molecule has 0 spiro atoms. The number of rotatable bonds is 3. The van der Waals surface area contributed by atoms with Crippen LogP contribution in [0.25, 0.3) is 0 Å². The highest BCUT2D eigenvalue weighted by Crippen LogP contribution is 2.14. The Labute approximate surface area is 103 Å². The minimum absolute atomic E-state index is 0.0986. The molecule has 2 aromatic rings. The van der Waals surface area contributed by atoms with E-state index in [2.05, 4.69) is 4.98 Å². The van der Waals surface area contributed by atoms with Gasteiger partial charge in [-0.15, -0.1) is 0 Å². The van der Waals surface area contributed by atoms with Gasteiger partial charge in [0.15, 0.2) is 5.78 Å². The third kappa shape index (κ3) is 2.59. The molecule has 0 atom stereocenters. The van der Waals surface area contributed by atoms with Crippen LogP contribution in [0.1, 0.15) is 21.6 Å². The van der Waals surface area contributed by atoms with Crippen LogP contribution in [0.2, 0.25) is 0 Å². The Hall–Kier alpha value is -2.10. The topological polar surface area (TPSA) is 30.0 Å². The number of benzene rings is 1. The molecule has 18 heavy (non-hydrogen) atoms. The molecule has 2 nitrogen and oxygen atoms in total. The summed E-state index contributed by atoms with van der Waals surface area (Å²) in [5, 5.41) is 0. The number of hydrogen-bond acceptors (Lipinski definition) is 2. The maximum Gasteiger partial charge on any atom is 0.169 e. The molecular weight excluding hydrogens is 236 g/mol. The van der Waals surface area contributed by atoms with Gasteiger partial charge in [0.05, 0.1) is 0 Å². The molecule has 0 aliphatic heterocycles. The predicted octanol–water partition coefficient (Wildman–Crippen LogP) is 3.09. The average Bonchev–Trinajstić information content (AvgIpc) is 2.33. The van der Waals surface area contributed by atoms with Crippen molar-refractivity contribution in [2.24, 2.45) is 0 Å². The van der Waals surface area contributed by atoms with Gasteiger partial charge in [-0.25, -0.2) is 8.78 Å². The van der Waals surface area contributed by atoms with Crippen molar-refractivity contribution in [3.63, 3.8) is 0 Å². The molecule has 0 amide bonds. The van der Waals surface area contributed by atoms with E-state index in [9.17, 15) is 13.6 Å². The second-order valence-corrected chi connectivity index (χ2v) is 3.97. The smallest absolute Gasteiger partial charge is 0.169 e. The Morgan fingerprint density at radius 1 is 1.28 bits per heavy atom. The molecule has 0 N–H and O–H groups in total. The van der Waals surface area contributed by atoms with E-state index in [-0.39, 0.29) is 17.8 Å². The molecule has 0 radical (unpaired) electrons. The second kappa shape index (κ2) is 5.04. The fourth-order valence-electron chi connectivity index (χ4n) is 1.71. The van der Waals surface area contributed by atoms with Gasteiger partial charge in [-0.3, -0.25) is 9.78 Å². The lowest BCUT2D eigenvalue weighted by molar-refractivity contribution is 0.0990. The highest BCUT2D eigenvalue weighted by atomic mass is 19.1. The van der Waals surface area contributed by atoms with Crippen LogP contribution in [0, 0.1) is 18.6 Å². The number of ketones is 1. The van der Waals surface area contributed by atoms with E-state index in [1.165, 1.54) is 6.07 Å². The molecular formula is C14H11F2NO. The molecule has 0 bridgehead atoms. The number of pyridine rings is 1. The minimum Gasteiger partial charge on any atom is -0.294 e. The van der Waals surface area contributed by atoms with Crippen molar-refractivity contribution in [3.05, 3.63) is 65.0 Å². The first-order valence-corrected chi connectivity index (χ1v) is 5.46.